The minimum atomic E-state index is -0.0502. The second-order valence-corrected chi connectivity index (χ2v) is 5.30. The molecule has 3 nitrogen and oxygen atoms in total. The normalized spacial score (nSPS) is 15.2. The van der Waals surface area contributed by atoms with Gasteiger partial charge in [-0.15, -0.1) is 0 Å². The number of rotatable bonds is 7. The van der Waals surface area contributed by atoms with E-state index in [9.17, 15) is 4.79 Å². The van der Waals surface area contributed by atoms with Crippen LogP contribution in [0.15, 0.2) is 0 Å². The molecule has 0 aliphatic rings. The van der Waals surface area contributed by atoms with Gasteiger partial charge in [0.05, 0.1) is 5.92 Å². The average Bonchev–Trinajstić information content (AvgIpc) is 2.21. The molecule has 0 aromatic rings. The number of carbonyl (C=O) groups excluding carboxylic acids is 1. The first-order valence-electron chi connectivity index (χ1n) is 6.22. The Kier molecular flexibility index (Phi) is 7.39. The Balaban J connectivity index is 4.17. The van der Waals surface area contributed by atoms with Crippen LogP contribution in [-0.2, 0) is 9.53 Å². The molecule has 0 saturated heterocycles. The standard InChI is InChI=1S/C13H27NO2/c1-9(2)7-12(10(3)4)13(15)16-8-11(5)14-6/h9-12,14H,7-8H2,1-6H3. The van der Waals surface area contributed by atoms with Crippen molar-refractivity contribution in [3.8, 4) is 0 Å². The molecule has 0 aromatic carbocycles. The van der Waals surface area contributed by atoms with Crippen molar-refractivity contribution in [1.82, 2.24) is 5.32 Å². The summed E-state index contributed by atoms with van der Waals surface area (Å²) in [7, 11) is 1.87. The van der Waals surface area contributed by atoms with E-state index in [1.165, 1.54) is 0 Å². The molecular formula is C13H27NO2. The van der Waals surface area contributed by atoms with Crippen molar-refractivity contribution in [1.29, 1.82) is 0 Å². The first-order chi connectivity index (χ1) is 7.38. The summed E-state index contributed by atoms with van der Waals surface area (Å²) < 4.78 is 5.32. The monoisotopic (exact) mass is 229 g/mol. The molecule has 96 valence electrons. The van der Waals surface area contributed by atoms with E-state index in [0.29, 0.717) is 18.4 Å². The van der Waals surface area contributed by atoms with Crippen LogP contribution in [0.5, 0.6) is 0 Å². The zero-order valence-corrected chi connectivity index (χ0v) is 11.5. The first-order valence-corrected chi connectivity index (χ1v) is 6.22. The summed E-state index contributed by atoms with van der Waals surface area (Å²) in [4.78, 5) is 11.9. The fourth-order valence-electron chi connectivity index (χ4n) is 1.55. The molecule has 16 heavy (non-hydrogen) atoms. The molecule has 2 unspecified atom stereocenters. The van der Waals surface area contributed by atoms with E-state index in [2.05, 4.69) is 33.0 Å². The van der Waals surface area contributed by atoms with Crippen molar-refractivity contribution in [2.45, 2.75) is 47.1 Å². The Morgan fingerprint density at radius 1 is 1.19 bits per heavy atom. The lowest BCUT2D eigenvalue weighted by Gasteiger charge is -2.22. The largest absolute Gasteiger partial charge is 0.464 e. The molecule has 0 bridgehead atoms. The SMILES string of the molecule is CNC(C)COC(=O)C(CC(C)C)C(C)C. The van der Waals surface area contributed by atoms with Crippen LogP contribution in [0, 0.1) is 17.8 Å². The van der Waals surface area contributed by atoms with E-state index in [1.807, 2.05) is 14.0 Å². The molecule has 0 rings (SSSR count). The zero-order chi connectivity index (χ0) is 12.7. The van der Waals surface area contributed by atoms with E-state index in [4.69, 9.17) is 4.74 Å². The molecular weight excluding hydrogens is 202 g/mol. The maximum Gasteiger partial charge on any atom is 0.309 e. The van der Waals surface area contributed by atoms with Gasteiger partial charge in [0.1, 0.15) is 6.61 Å². The highest BCUT2D eigenvalue weighted by Gasteiger charge is 2.24. The summed E-state index contributed by atoms with van der Waals surface area (Å²) in [6, 6.07) is 0.218. The molecule has 2 atom stereocenters. The summed E-state index contributed by atoms with van der Waals surface area (Å²) in [5, 5.41) is 3.05. The molecule has 0 spiro atoms. The second-order valence-electron chi connectivity index (χ2n) is 5.30. The van der Waals surface area contributed by atoms with Crippen LogP contribution < -0.4 is 5.32 Å². The molecule has 0 aliphatic carbocycles. The average molecular weight is 229 g/mol. The summed E-state index contributed by atoms with van der Waals surface area (Å²) >= 11 is 0. The Hall–Kier alpha value is -0.570. The van der Waals surface area contributed by atoms with Gasteiger partial charge in [-0.05, 0) is 32.2 Å². The van der Waals surface area contributed by atoms with E-state index >= 15 is 0 Å². The van der Waals surface area contributed by atoms with Gasteiger partial charge in [-0.2, -0.15) is 0 Å². The predicted octanol–water partition coefficient (Wildman–Crippen LogP) is 2.46. The molecule has 0 amide bonds. The maximum atomic E-state index is 11.9. The van der Waals surface area contributed by atoms with E-state index in [1.54, 1.807) is 0 Å². The van der Waals surface area contributed by atoms with Crippen molar-refractivity contribution in [2.24, 2.45) is 17.8 Å². The summed E-state index contributed by atoms with van der Waals surface area (Å²) in [5.41, 5.74) is 0. The topological polar surface area (TPSA) is 38.3 Å². The summed E-state index contributed by atoms with van der Waals surface area (Å²) in [6.45, 7) is 10.9. The molecule has 0 radical (unpaired) electrons. The molecule has 0 saturated carbocycles. The minimum Gasteiger partial charge on any atom is -0.464 e. The number of ether oxygens (including phenoxy) is 1. The fraction of sp³-hybridized carbons (Fsp3) is 0.923. The third-order valence-corrected chi connectivity index (χ3v) is 2.80. The van der Waals surface area contributed by atoms with Crippen LogP contribution in [0.1, 0.15) is 41.0 Å². The van der Waals surface area contributed by atoms with E-state index in [-0.39, 0.29) is 17.9 Å². The van der Waals surface area contributed by atoms with Crippen LogP contribution in [0.4, 0.5) is 0 Å². The molecule has 3 heteroatoms. The fourth-order valence-corrected chi connectivity index (χ4v) is 1.55. The van der Waals surface area contributed by atoms with Crippen molar-refractivity contribution in [3.05, 3.63) is 0 Å². The third-order valence-electron chi connectivity index (χ3n) is 2.80. The van der Waals surface area contributed by atoms with Gasteiger partial charge in [-0.25, -0.2) is 0 Å². The van der Waals surface area contributed by atoms with Gasteiger partial charge in [0.15, 0.2) is 0 Å². The van der Waals surface area contributed by atoms with Crippen LogP contribution in [0.25, 0.3) is 0 Å². The van der Waals surface area contributed by atoms with Crippen molar-refractivity contribution < 1.29 is 9.53 Å². The number of carbonyl (C=O) groups is 1. The van der Waals surface area contributed by atoms with Crippen LogP contribution >= 0.6 is 0 Å². The van der Waals surface area contributed by atoms with Gasteiger partial charge in [-0.1, -0.05) is 27.7 Å². The zero-order valence-electron chi connectivity index (χ0n) is 11.5. The lowest BCUT2D eigenvalue weighted by molar-refractivity contribution is -0.151. The second kappa shape index (κ2) is 7.66. The van der Waals surface area contributed by atoms with Gasteiger partial charge in [0.2, 0.25) is 0 Å². The van der Waals surface area contributed by atoms with E-state index < -0.39 is 0 Å². The molecule has 0 heterocycles. The summed E-state index contributed by atoms with van der Waals surface area (Å²) in [5.74, 6) is 0.858. The Bertz CT molecular complexity index is 202. The van der Waals surface area contributed by atoms with Crippen LogP contribution in [0.2, 0.25) is 0 Å². The number of hydrogen-bond acceptors (Lipinski definition) is 3. The smallest absolute Gasteiger partial charge is 0.309 e. The van der Waals surface area contributed by atoms with Crippen LogP contribution in [0.3, 0.4) is 0 Å². The van der Waals surface area contributed by atoms with Crippen molar-refractivity contribution in [3.63, 3.8) is 0 Å². The van der Waals surface area contributed by atoms with Gasteiger partial charge < -0.3 is 10.1 Å². The molecule has 0 fully saturated rings. The highest BCUT2D eigenvalue weighted by Crippen LogP contribution is 2.21. The number of likely N-dealkylation sites (N-methyl/N-ethyl adjacent to an activating group) is 1. The van der Waals surface area contributed by atoms with Gasteiger partial charge in [-0.3, -0.25) is 4.79 Å². The predicted molar refractivity (Wildman–Crippen MR) is 67.3 cm³/mol. The Labute approximate surface area is 99.9 Å². The quantitative estimate of drug-likeness (QED) is 0.681. The molecule has 0 aromatic heterocycles. The van der Waals surface area contributed by atoms with Crippen LogP contribution in [-0.4, -0.2) is 25.7 Å². The van der Waals surface area contributed by atoms with Gasteiger partial charge >= 0.3 is 5.97 Å². The number of esters is 1. The summed E-state index contributed by atoms with van der Waals surface area (Å²) in [6.07, 6.45) is 0.907. The molecule has 0 aliphatic heterocycles. The Morgan fingerprint density at radius 2 is 1.75 bits per heavy atom. The third kappa shape index (κ3) is 6.11. The number of hydrogen-bond donors (Lipinski definition) is 1. The first kappa shape index (κ1) is 15.4. The van der Waals surface area contributed by atoms with Gasteiger partial charge in [0.25, 0.3) is 0 Å². The van der Waals surface area contributed by atoms with Crippen molar-refractivity contribution in [2.75, 3.05) is 13.7 Å². The van der Waals surface area contributed by atoms with Gasteiger partial charge in [0, 0.05) is 6.04 Å². The Morgan fingerprint density at radius 3 is 2.12 bits per heavy atom. The number of nitrogens with one attached hydrogen (secondary N) is 1. The minimum absolute atomic E-state index is 0.0315. The van der Waals surface area contributed by atoms with Crippen molar-refractivity contribution >= 4 is 5.97 Å². The lowest BCUT2D eigenvalue weighted by atomic mass is 9.88. The van der Waals surface area contributed by atoms with E-state index in [0.717, 1.165) is 6.42 Å². The molecule has 1 N–H and O–H groups in total. The maximum absolute atomic E-state index is 11.9. The highest BCUT2D eigenvalue weighted by molar-refractivity contribution is 5.72. The highest BCUT2D eigenvalue weighted by atomic mass is 16.5. The lowest BCUT2D eigenvalue weighted by Crippen LogP contribution is -2.31.